The molecule has 0 aliphatic heterocycles. The third-order valence-corrected chi connectivity index (χ3v) is 12.4. The zero-order valence-corrected chi connectivity index (χ0v) is 34.4. The molecule has 2 aromatic heterocycles. The fraction of sp³-hybridized carbons (Fsp3) is 0. The van der Waals surface area contributed by atoms with E-state index in [-0.39, 0.29) is 0 Å². The van der Waals surface area contributed by atoms with Crippen molar-refractivity contribution in [3.8, 4) is 50.2 Å². The first-order valence-corrected chi connectivity index (χ1v) is 21.5. The number of rotatable bonds is 8. The van der Waals surface area contributed by atoms with Gasteiger partial charge >= 0.3 is 0 Å². The van der Waals surface area contributed by atoms with Crippen molar-refractivity contribution in [2.24, 2.45) is 0 Å². The summed E-state index contributed by atoms with van der Waals surface area (Å²) in [6.07, 6.45) is 0. The Bertz CT molecular complexity index is 3600. The van der Waals surface area contributed by atoms with E-state index in [0.717, 1.165) is 83.6 Å². The monoisotopic (exact) mass is 804 g/mol. The van der Waals surface area contributed by atoms with Crippen LogP contribution in [0.25, 0.3) is 93.9 Å². The highest BCUT2D eigenvalue weighted by molar-refractivity contribution is 6.12. The van der Waals surface area contributed by atoms with Crippen molar-refractivity contribution < 1.29 is 4.42 Å². The number of hydrogen-bond acceptors (Lipinski definition) is 2. The third kappa shape index (κ3) is 6.29. The molecule has 0 N–H and O–H groups in total. The normalized spacial score (nSPS) is 11.5. The molecule has 3 heteroatoms. The van der Waals surface area contributed by atoms with Gasteiger partial charge in [0.1, 0.15) is 11.2 Å². The van der Waals surface area contributed by atoms with E-state index < -0.39 is 0 Å². The molecule has 0 aliphatic carbocycles. The molecule has 0 saturated carbocycles. The number of para-hydroxylation sites is 5. The van der Waals surface area contributed by atoms with Crippen LogP contribution in [-0.4, -0.2) is 4.57 Å². The molecule has 296 valence electrons. The van der Waals surface area contributed by atoms with Gasteiger partial charge in [-0.05, 0) is 88.0 Å². The first kappa shape index (κ1) is 36.5. The standard InChI is InChI=1S/C60H40N2O/c1-4-17-41(18-5-1)42-31-33-44(34-32-42)49-23-10-13-28-56(49)61(47-36-38-51-50-24-11-14-29-57(50)62(58(51)40-47)45-21-8-3-9-22-45)46-35-37-48(43-19-6-2-7-20-43)55(39-46)54-27-16-26-53-52-25-12-15-30-59(52)63-60(53)54/h1-40H. The van der Waals surface area contributed by atoms with Crippen LogP contribution in [0.1, 0.15) is 0 Å². The van der Waals surface area contributed by atoms with Gasteiger partial charge in [-0.3, -0.25) is 0 Å². The van der Waals surface area contributed by atoms with Crippen LogP contribution in [0.2, 0.25) is 0 Å². The highest BCUT2D eigenvalue weighted by Gasteiger charge is 2.23. The second-order valence-corrected chi connectivity index (χ2v) is 16.1. The Morgan fingerprint density at radius 2 is 0.873 bits per heavy atom. The quantitative estimate of drug-likeness (QED) is 0.153. The lowest BCUT2D eigenvalue weighted by atomic mass is 9.92. The summed E-state index contributed by atoms with van der Waals surface area (Å²) >= 11 is 0. The third-order valence-electron chi connectivity index (χ3n) is 12.4. The first-order chi connectivity index (χ1) is 31.3. The average molecular weight is 805 g/mol. The molecule has 0 spiro atoms. The lowest BCUT2D eigenvalue weighted by Gasteiger charge is -2.29. The van der Waals surface area contributed by atoms with Crippen molar-refractivity contribution in [2.45, 2.75) is 0 Å². The molecule has 0 aliphatic rings. The summed E-state index contributed by atoms with van der Waals surface area (Å²) < 4.78 is 9.13. The molecule has 12 rings (SSSR count). The van der Waals surface area contributed by atoms with Crippen molar-refractivity contribution >= 4 is 60.8 Å². The smallest absolute Gasteiger partial charge is 0.143 e. The molecule has 0 saturated heterocycles. The van der Waals surface area contributed by atoms with E-state index in [0.29, 0.717) is 0 Å². The molecule has 0 unspecified atom stereocenters. The Morgan fingerprint density at radius 3 is 1.68 bits per heavy atom. The van der Waals surface area contributed by atoms with Gasteiger partial charge in [0, 0.05) is 49.7 Å². The molecule has 0 amide bonds. The van der Waals surface area contributed by atoms with Crippen LogP contribution in [-0.2, 0) is 0 Å². The van der Waals surface area contributed by atoms with Gasteiger partial charge in [0.2, 0.25) is 0 Å². The SMILES string of the molecule is c1ccc(-c2ccc(-c3ccccc3N(c3ccc(-c4ccccc4)c(-c4cccc5c4oc4ccccc45)c3)c3ccc4c5ccccc5n(-c5ccccc5)c4c3)cc2)cc1. The molecular formula is C60H40N2O. The van der Waals surface area contributed by atoms with Gasteiger partial charge in [0.25, 0.3) is 0 Å². The predicted octanol–water partition coefficient (Wildman–Crippen LogP) is 16.8. The van der Waals surface area contributed by atoms with E-state index in [4.69, 9.17) is 4.42 Å². The molecule has 12 aromatic rings. The number of nitrogens with zero attached hydrogens (tertiary/aromatic N) is 2. The van der Waals surface area contributed by atoms with Crippen LogP contribution < -0.4 is 4.90 Å². The zero-order valence-electron chi connectivity index (χ0n) is 34.4. The molecule has 3 nitrogen and oxygen atoms in total. The zero-order chi connectivity index (χ0) is 41.7. The van der Waals surface area contributed by atoms with Crippen molar-refractivity contribution in [1.82, 2.24) is 4.57 Å². The Hall–Kier alpha value is -8.40. The number of anilines is 3. The van der Waals surface area contributed by atoms with Crippen molar-refractivity contribution in [3.63, 3.8) is 0 Å². The molecule has 0 radical (unpaired) electrons. The summed E-state index contributed by atoms with van der Waals surface area (Å²) in [5.41, 5.74) is 17.5. The maximum Gasteiger partial charge on any atom is 0.143 e. The maximum absolute atomic E-state index is 6.73. The number of furan rings is 1. The van der Waals surface area contributed by atoms with Crippen LogP contribution in [0, 0.1) is 0 Å². The number of aromatic nitrogens is 1. The maximum atomic E-state index is 6.73. The van der Waals surface area contributed by atoms with E-state index in [2.05, 4.69) is 246 Å². The van der Waals surface area contributed by atoms with Gasteiger partial charge in [0.15, 0.2) is 0 Å². The van der Waals surface area contributed by atoms with Crippen molar-refractivity contribution in [3.05, 3.63) is 243 Å². The topological polar surface area (TPSA) is 21.3 Å². The molecule has 10 aromatic carbocycles. The fourth-order valence-electron chi connectivity index (χ4n) is 9.49. The second-order valence-electron chi connectivity index (χ2n) is 16.1. The minimum atomic E-state index is 0.882. The van der Waals surface area contributed by atoms with E-state index in [1.165, 1.54) is 27.4 Å². The van der Waals surface area contributed by atoms with Gasteiger partial charge in [0.05, 0.1) is 16.7 Å². The fourth-order valence-corrected chi connectivity index (χ4v) is 9.49. The van der Waals surface area contributed by atoms with Crippen LogP contribution in [0.3, 0.4) is 0 Å². The second kappa shape index (κ2) is 15.3. The summed E-state index contributed by atoms with van der Waals surface area (Å²) in [6.45, 7) is 0. The first-order valence-electron chi connectivity index (χ1n) is 21.5. The van der Waals surface area contributed by atoms with E-state index in [1.54, 1.807) is 0 Å². The summed E-state index contributed by atoms with van der Waals surface area (Å²) in [4.78, 5) is 2.43. The highest BCUT2D eigenvalue weighted by Crippen LogP contribution is 2.47. The van der Waals surface area contributed by atoms with Crippen LogP contribution in [0.5, 0.6) is 0 Å². The molecule has 0 fully saturated rings. The Labute approximate surface area is 366 Å². The van der Waals surface area contributed by atoms with Gasteiger partial charge in [-0.2, -0.15) is 0 Å². The number of hydrogen-bond donors (Lipinski definition) is 0. The lowest BCUT2D eigenvalue weighted by molar-refractivity contribution is 0.670. The van der Waals surface area contributed by atoms with Gasteiger partial charge in [-0.1, -0.05) is 188 Å². The minimum Gasteiger partial charge on any atom is -0.455 e. The summed E-state index contributed by atoms with van der Waals surface area (Å²) in [6, 6.07) is 87.2. The van der Waals surface area contributed by atoms with E-state index >= 15 is 0 Å². The largest absolute Gasteiger partial charge is 0.455 e. The van der Waals surface area contributed by atoms with Gasteiger partial charge in [-0.25, -0.2) is 0 Å². The van der Waals surface area contributed by atoms with E-state index in [9.17, 15) is 0 Å². The van der Waals surface area contributed by atoms with E-state index in [1.807, 2.05) is 6.07 Å². The Balaban J connectivity index is 1.12. The average Bonchev–Trinajstić information content (AvgIpc) is 3.91. The van der Waals surface area contributed by atoms with Crippen LogP contribution in [0.4, 0.5) is 17.1 Å². The molecule has 0 atom stereocenters. The number of fused-ring (bicyclic) bond motifs is 6. The summed E-state index contributed by atoms with van der Waals surface area (Å²) in [7, 11) is 0. The molecule has 2 heterocycles. The van der Waals surface area contributed by atoms with Crippen molar-refractivity contribution in [1.29, 1.82) is 0 Å². The molecule has 63 heavy (non-hydrogen) atoms. The minimum absolute atomic E-state index is 0.882. The molecular weight excluding hydrogens is 765 g/mol. The van der Waals surface area contributed by atoms with Crippen LogP contribution >= 0.6 is 0 Å². The summed E-state index contributed by atoms with van der Waals surface area (Å²) in [5, 5.41) is 4.65. The van der Waals surface area contributed by atoms with Crippen molar-refractivity contribution in [2.75, 3.05) is 4.90 Å². The highest BCUT2D eigenvalue weighted by atomic mass is 16.3. The van der Waals surface area contributed by atoms with Gasteiger partial charge < -0.3 is 13.9 Å². The van der Waals surface area contributed by atoms with Gasteiger partial charge in [-0.15, -0.1) is 0 Å². The van der Waals surface area contributed by atoms with Crippen LogP contribution in [0.15, 0.2) is 247 Å². The Kier molecular flexibility index (Phi) is 8.83. The number of benzene rings is 10. The summed E-state index contributed by atoms with van der Waals surface area (Å²) in [5.74, 6) is 0. The Morgan fingerprint density at radius 1 is 0.317 bits per heavy atom. The molecule has 0 bridgehead atoms. The predicted molar refractivity (Wildman–Crippen MR) is 264 cm³/mol. The lowest BCUT2D eigenvalue weighted by Crippen LogP contribution is -2.12.